The van der Waals surface area contributed by atoms with Crippen molar-refractivity contribution in [1.82, 2.24) is 5.32 Å². The molecule has 2 aromatic rings. The maximum atomic E-state index is 13.5. The van der Waals surface area contributed by atoms with Crippen LogP contribution in [0, 0.1) is 0 Å². The van der Waals surface area contributed by atoms with E-state index in [0.717, 1.165) is 26.9 Å². The zero-order valence-corrected chi connectivity index (χ0v) is 18.2. The highest BCUT2D eigenvalue weighted by atomic mass is 79.9. The Hall–Kier alpha value is -2.60. The average molecular weight is 455 g/mol. The first-order chi connectivity index (χ1) is 13.7. The van der Waals surface area contributed by atoms with E-state index in [2.05, 4.69) is 21.2 Å². The van der Waals surface area contributed by atoms with Crippen molar-refractivity contribution in [2.75, 3.05) is 11.4 Å². The predicted molar refractivity (Wildman–Crippen MR) is 117 cm³/mol. The zero-order chi connectivity index (χ0) is 20.8. The Labute approximate surface area is 178 Å². The van der Waals surface area contributed by atoms with Crippen molar-refractivity contribution in [2.24, 2.45) is 0 Å². The number of anilines is 1. The van der Waals surface area contributed by atoms with Crippen LogP contribution in [0.15, 0.2) is 59.1 Å². The summed E-state index contributed by atoms with van der Waals surface area (Å²) >= 11 is 3.68. The number of nitrogens with zero attached hydrogens (tertiary/aromatic N) is 1. The number of carbonyl (C=O) groups excluding carboxylic acids is 2. The van der Waals surface area contributed by atoms with Gasteiger partial charge in [-0.2, -0.15) is 0 Å². The molecule has 1 atom stereocenters. The summed E-state index contributed by atoms with van der Waals surface area (Å²) in [6.45, 7) is 6.00. The van der Waals surface area contributed by atoms with E-state index in [1.54, 1.807) is 11.0 Å². The third-order valence-electron chi connectivity index (χ3n) is 5.22. The van der Waals surface area contributed by atoms with E-state index in [1.165, 1.54) is 0 Å². The van der Waals surface area contributed by atoms with Crippen LogP contribution in [-0.2, 0) is 15.1 Å². The Morgan fingerprint density at radius 2 is 1.83 bits per heavy atom. The third-order valence-corrected chi connectivity index (χ3v) is 5.91. The Kier molecular flexibility index (Phi) is 4.77. The normalized spacial score (nSPS) is 20.9. The summed E-state index contributed by atoms with van der Waals surface area (Å²) in [6, 6.07) is 15.5. The standard InChI is InChI=1S/C23H23BrN2O3/c1-22(2,3)29-21(28)26-19-11-7-4-8-15(19)17-14-20(27)25-13-12-23(17,26)16-9-5-6-10-18(16)24/h4-11,14H,12-13H2,1-3H3,(H,25,27)/t23-/m0/s1. The first kappa shape index (κ1) is 19.7. The molecular formula is C23H23BrN2O3. The molecule has 2 amide bonds. The fourth-order valence-electron chi connectivity index (χ4n) is 4.20. The Balaban J connectivity index is 2.03. The molecule has 6 heteroatoms. The van der Waals surface area contributed by atoms with Crippen LogP contribution in [-0.4, -0.2) is 24.1 Å². The lowest BCUT2D eigenvalue weighted by molar-refractivity contribution is -0.116. The summed E-state index contributed by atoms with van der Waals surface area (Å²) in [6.07, 6.45) is 1.72. The summed E-state index contributed by atoms with van der Waals surface area (Å²) < 4.78 is 6.70. The number of para-hydroxylation sites is 1. The van der Waals surface area contributed by atoms with Crippen molar-refractivity contribution in [3.05, 3.63) is 70.2 Å². The van der Waals surface area contributed by atoms with E-state index in [4.69, 9.17) is 4.74 Å². The van der Waals surface area contributed by atoms with Gasteiger partial charge < -0.3 is 10.1 Å². The van der Waals surface area contributed by atoms with Gasteiger partial charge >= 0.3 is 6.09 Å². The number of halogens is 1. The number of carbonyl (C=O) groups is 2. The molecule has 4 rings (SSSR count). The maximum Gasteiger partial charge on any atom is 0.415 e. The van der Waals surface area contributed by atoms with Crippen molar-refractivity contribution in [3.8, 4) is 0 Å². The van der Waals surface area contributed by atoms with Crippen molar-refractivity contribution < 1.29 is 14.3 Å². The van der Waals surface area contributed by atoms with Gasteiger partial charge in [0.2, 0.25) is 5.91 Å². The molecule has 2 aliphatic rings. The second-order valence-corrected chi connectivity index (χ2v) is 9.13. The number of benzene rings is 2. The van der Waals surface area contributed by atoms with E-state index in [0.29, 0.717) is 13.0 Å². The molecule has 0 saturated carbocycles. The minimum atomic E-state index is -0.856. The second-order valence-electron chi connectivity index (χ2n) is 8.27. The molecule has 0 radical (unpaired) electrons. The largest absolute Gasteiger partial charge is 0.443 e. The minimum Gasteiger partial charge on any atom is -0.443 e. The lowest BCUT2D eigenvalue weighted by atomic mass is 9.79. The van der Waals surface area contributed by atoms with E-state index in [9.17, 15) is 9.59 Å². The lowest BCUT2D eigenvalue weighted by Crippen LogP contribution is -2.50. The van der Waals surface area contributed by atoms with Crippen molar-refractivity contribution in [3.63, 3.8) is 0 Å². The summed E-state index contributed by atoms with van der Waals surface area (Å²) in [5.41, 5.74) is 1.84. The molecule has 2 heterocycles. The van der Waals surface area contributed by atoms with Gasteiger partial charge in [0.05, 0.1) is 5.69 Å². The number of fused-ring (bicyclic) bond motifs is 3. The van der Waals surface area contributed by atoms with Crippen LogP contribution in [0.2, 0.25) is 0 Å². The van der Waals surface area contributed by atoms with Gasteiger partial charge in [-0.15, -0.1) is 0 Å². The van der Waals surface area contributed by atoms with Crippen molar-refractivity contribution >= 4 is 39.2 Å². The van der Waals surface area contributed by atoms with Crippen molar-refractivity contribution in [2.45, 2.75) is 38.3 Å². The Morgan fingerprint density at radius 1 is 1.14 bits per heavy atom. The summed E-state index contributed by atoms with van der Waals surface area (Å²) in [4.78, 5) is 27.7. The lowest BCUT2D eigenvalue weighted by Gasteiger charge is -2.40. The maximum absolute atomic E-state index is 13.5. The van der Waals surface area contributed by atoms with Crippen molar-refractivity contribution in [1.29, 1.82) is 0 Å². The van der Waals surface area contributed by atoms with E-state index in [1.807, 2.05) is 69.3 Å². The first-order valence-electron chi connectivity index (χ1n) is 9.62. The van der Waals surface area contributed by atoms with E-state index in [-0.39, 0.29) is 5.91 Å². The molecule has 0 saturated heterocycles. The molecule has 0 aromatic heterocycles. The van der Waals surface area contributed by atoms with Crippen LogP contribution in [0.1, 0.15) is 38.3 Å². The number of nitrogens with one attached hydrogen (secondary N) is 1. The Bertz CT molecular complexity index is 1020. The topological polar surface area (TPSA) is 58.6 Å². The highest BCUT2D eigenvalue weighted by Gasteiger charge is 2.54. The molecule has 1 N–H and O–H groups in total. The van der Waals surface area contributed by atoms with Crippen LogP contribution in [0.25, 0.3) is 5.57 Å². The van der Waals surface area contributed by atoms with Crippen LogP contribution in [0.5, 0.6) is 0 Å². The van der Waals surface area contributed by atoms with Gasteiger partial charge in [0.15, 0.2) is 0 Å². The fraction of sp³-hybridized carbons (Fsp3) is 0.304. The molecular weight excluding hydrogens is 432 g/mol. The quantitative estimate of drug-likeness (QED) is 0.658. The molecule has 0 spiro atoms. The number of rotatable bonds is 1. The van der Waals surface area contributed by atoms with Gasteiger partial charge in [-0.05, 0) is 50.5 Å². The molecule has 150 valence electrons. The first-order valence-corrected chi connectivity index (χ1v) is 10.4. The molecule has 0 aliphatic carbocycles. The predicted octanol–water partition coefficient (Wildman–Crippen LogP) is 5.00. The number of hydrogen-bond donors (Lipinski definition) is 1. The SMILES string of the molecule is CC(C)(C)OC(=O)N1c2ccccc2C2=CC(=O)NCC[C@]21c1ccccc1Br. The fourth-order valence-corrected chi connectivity index (χ4v) is 4.81. The van der Waals surface area contributed by atoms with Gasteiger partial charge in [-0.3, -0.25) is 9.69 Å². The molecule has 0 bridgehead atoms. The Morgan fingerprint density at radius 3 is 2.55 bits per heavy atom. The van der Waals surface area contributed by atoms with E-state index < -0.39 is 17.2 Å². The van der Waals surface area contributed by atoms with Gasteiger partial charge in [0.25, 0.3) is 0 Å². The average Bonchev–Trinajstić information content (AvgIpc) is 2.79. The van der Waals surface area contributed by atoms with Crippen LogP contribution >= 0.6 is 15.9 Å². The number of ether oxygens (including phenoxy) is 1. The molecule has 0 unspecified atom stereocenters. The van der Waals surface area contributed by atoms with E-state index >= 15 is 0 Å². The molecule has 5 nitrogen and oxygen atoms in total. The zero-order valence-electron chi connectivity index (χ0n) is 16.7. The highest BCUT2D eigenvalue weighted by molar-refractivity contribution is 9.10. The second kappa shape index (κ2) is 7.02. The molecule has 2 aromatic carbocycles. The van der Waals surface area contributed by atoms with Gasteiger partial charge in [0, 0.05) is 22.7 Å². The van der Waals surface area contributed by atoms with Crippen LogP contribution in [0.4, 0.5) is 10.5 Å². The summed E-state index contributed by atoms with van der Waals surface area (Å²) in [7, 11) is 0. The molecule has 0 fully saturated rings. The summed E-state index contributed by atoms with van der Waals surface area (Å²) in [5, 5.41) is 2.92. The number of hydrogen-bond acceptors (Lipinski definition) is 3. The van der Waals surface area contributed by atoms with Gasteiger partial charge in [-0.25, -0.2) is 4.79 Å². The number of amides is 2. The van der Waals surface area contributed by atoms with Gasteiger partial charge in [0.1, 0.15) is 11.1 Å². The third kappa shape index (κ3) is 3.25. The molecule has 2 aliphatic heterocycles. The monoisotopic (exact) mass is 454 g/mol. The minimum absolute atomic E-state index is 0.158. The van der Waals surface area contributed by atoms with Gasteiger partial charge in [-0.1, -0.05) is 52.3 Å². The highest BCUT2D eigenvalue weighted by Crippen LogP contribution is 2.56. The molecule has 29 heavy (non-hydrogen) atoms. The van der Waals surface area contributed by atoms with Crippen LogP contribution in [0.3, 0.4) is 0 Å². The summed E-state index contributed by atoms with van der Waals surface area (Å²) in [5.74, 6) is -0.158. The van der Waals surface area contributed by atoms with Crippen LogP contribution < -0.4 is 10.2 Å². The smallest absolute Gasteiger partial charge is 0.415 e.